The van der Waals surface area contributed by atoms with Crippen molar-refractivity contribution in [3.63, 3.8) is 0 Å². The minimum atomic E-state index is -1.03. The highest BCUT2D eigenvalue weighted by atomic mass is 16.7. The van der Waals surface area contributed by atoms with E-state index in [0.29, 0.717) is 0 Å². The summed E-state index contributed by atoms with van der Waals surface area (Å²) in [6.07, 6.45) is -4.97. The zero-order valence-electron chi connectivity index (χ0n) is 14.2. The highest BCUT2D eigenvalue weighted by molar-refractivity contribution is 5.17. The fourth-order valence-electron chi connectivity index (χ4n) is 3.24. The summed E-state index contributed by atoms with van der Waals surface area (Å²) in [7, 11) is 0. The molecular weight excluding hydrogens is 336 g/mol. The molecule has 2 bridgehead atoms. The van der Waals surface area contributed by atoms with Crippen LogP contribution in [-0.4, -0.2) is 47.8 Å². The topological polar surface area (TPSA) is 77.4 Å². The SMILES string of the molecule is O[C@@H]1[C@H]2OC(c3ccccc3)OC[C@H]1OC(c1ccccc1)OC[C@@H]2O. The van der Waals surface area contributed by atoms with Gasteiger partial charge in [0.1, 0.15) is 24.4 Å². The van der Waals surface area contributed by atoms with E-state index >= 15 is 0 Å². The monoisotopic (exact) mass is 358 g/mol. The summed E-state index contributed by atoms with van der Waals surface area (Å²) in [4.78, 5) is 0. The van der Waals surface area contributed by atoms with Crippen molar-refractivity contribution >= 4 is 0 Å². The van der Waals surface area contributed by atoms with Gasteiger partial charge in [-0.2, -0.15) is 0 Å². The van der Waals surface area contributed by atoms with Gasteiger partial charge in [-0.1, -0.05) is 60.7 Å². The summed E-state index contributed by atoms with van der Waals surface area (Å²) in [5.74, 6) is 0. The standard InChI is InChI=1S/C20H22O6/c21-15-11-23-19(13-7-3-1-4-8-13)25-16-12-24-20(26-18(15)17(16)22)14-9-5-2-6-10-14/h1-10,15-22H,11-12H2/t15-,16+,17-,18-,19?,20?/m0/s1. The van der Waals surface area contributed by atoms with E-state index in [1.807, 2.05) is 60.7 Å². The van der Waals surface area contributed by atoms with Crippen LogP contribution in [-0.2, 0) is 18.9 Å². The molecule has 0 aromatic heterocycles. The molecule has 26 heavy (non-hydrogen) atoms. The molecule has 0 amide bonds. The van der Waals surface area contributed by atoms with Crippen LogP contribution in [0.15, 0.2) is 60.7 Å². The van der Waals surface area contributed by atoms with Crippen molar-refractivity contribution in [2.75, 3.05) is 13.2 Å². The molecule has 6 atom stereocenters. The summed E-state index contributed by atoms with van der Waals surface area (Å²) in [6, 6.07) is 18.9. The van der Waals surface area contributed by atoms with Gasteiger partial charge in [0, 0.05) is 11.1 Å². The van der Waals surface area contributed by atoms with Crippen molar-refractivity contribution in [3.05, 3.63) is 71.8 Å². The molecule has 2 aliphatic rings. The van der Waals surface area contributed by atoms with Crippen LogP contribution < -0.4 is 0 Å². The number of hydrogen-bond acceptors (Lipinski definition) is 6. The second-order valence-corrected chi connectivity index (χ2v) is 6.49. The maximum atomic E-state index is 10.7. The van der Waals surface area contributed by atoms with Crippen LogP contribution >= 0.6 is 0 Å². The highest BCUT2D eigenvalue weighted by Crippen LogP contribution is 2.33. The van der Waals surface area contributed by atoms with Gasteiger partial charge in [-0.25, -0.2) is 0 Å². The van der Waals surface area contributed by atoms with Crippen LogP contribution in [0.1, 0.15) is 23.7 Å². The first-order chi connectivity index (χ1) is 12.7. The zero-order chi connectivity index (χ0) is 17.9. The Morgan fingerprint density at radius 2 is 1.23 bits per heavy atom. The van der Waals surface area contributed by atoms with E-state index in [1.54, 1.807) is 0 Å². The first-order valence-electron chi connectivity index (χ1n) is 8.72. The van der Waals surface area contributed by atoms with E-state index in [1.165, 1.54) is 0 Å². The molecule has 138 valence electrons. The van der Waals surface area contributed by atoms with E-state index < -0.39 is 37.0 Å². The van der Waals surface area contributed by atoms with Crippen molar-refractivity contribution in [2.45, 2.75) is 37.0 Å². The molecule has 2 aromatic rings. The Balaban J connectivity index is 1.58. The third-order valence-electron chi connectivity index (χ3n) is 4.65. The Hall–Kier alpha value is -1.80. The molecule has 2 fully saturated rings. The van der Waals surface area contributed by atoms with Gasteiger partial charge >= 0.3 is 0 Å². The van der Waals surface area contributed by atoms with E-state index in [2.05, 4.69) is 0 Å². The molecule has 0 saturated carbocycles. The van der Waals surface area contributed by atoms with Crippen LogP contribution in [0.25, 0.3) is 0 Å². The predicted octanol–water partition coefficient (Wildman–Crippen LogP) is 1.94. The van der Waals surface area contributed by atoms with Gasteiger partial charge in [-0.15, -0.1) is 0 Å². The van der Waals surface area contributed by atoms with Gasteiger partial charge in [0.25, 0.3) is 0 Å². The Morgan fingerprint density at radius 3 is 1.85 bits per heavy atom. The minimum absolute atomic E-state index is 0.0183. The first-order valence-corrected chi connectivity index (χ1v) is 8.72. The van der Waals surface area contributed by atoms with Gasteiger partial charge in [-0.05, 0) is 0 Å². The molecule has 2 heterocycles. The fourth-order valence-corrected chi connectivity index (χ4v) is 3.24. The number of aliphatic hydroxyl groups excluding tert-OH is 2. The largest absolute Gasteiger partial charge is 0.388 e. The third-order valence-corrected chi connectivity index (χ3v) is 4.65. The maximum Gasteiger partial charge on any atom is 0.184 e. The minimum Gasteiger partial charge on any atom is -0.388 e. The van der Waals surface area contributed by atoms with Gasteiger partial charge in [0.15, 0.2) is 12.6 Å². The van der Waals surface area contributed by atoms with E-state index in [-0.39, 0.29) is 13.2 Å². The molecule has 2 N–H and O–H groups in total. The molecule has 0 aliphatic carbocycles. The number of hydrogen-bond donors (Lipinski definition) is 2. The summed E-state index contributed by atoms with van der Waals surface area (Å²) in [6.45, 7) is 0.103. The molecule has 2 unspecified atom stereocenters. The van der Waals surface area contributed by atoms with Gasteiger partial charge in [0.05, 0.1) is 13.2 Å². The normalized spacial score (nSPS) is 35.2. The Labute approximate surface area is 151 Å². The number of benzene rings is 2. The third kappa shape index (κ3) is 3.66. The lowest BCUT2D eigenvalue weighted by molar-refractivity contribution is -0.252. The van der Waals surface area contributed by atoms with E-state index in [9.17, 15) is 10.2 Å². The Bertz CT molecular complexity index is 656. The predicted molar refractivity (Wildman–Crippen MR) is 92.0 cm³/mol. The number of rotatable bonds is 2. The Kier molecular flexibility index (Phi) is 5.31. The van der Waals surface area contributed by atoms with Crippen molar-refractivity contribution in [2.24, 2.45) is 0 Å². The van der Waals surface area contributed by atoms with Crippen molar-refractivity contribution < 1.29 is 29.2 Å². The number of ether oxygens (including phenoxy) is 4. The molecule has 4 rings (SSSR count). The average Bonchev–Trinajstić information content (AvgIpc) is 2.87. The summed E-state index contributed by atoms with van der Waals surface area (Å²) < 4.78 is 23.5. The lowest BCUT2D eigenvalue weighted by Crippen LogP contribution is -2.50. The molecule has 0 radical (unpaired) electrons. The van der Waals surface area contributed by atoms with Gasteiger partial charge in [0.2, 0.25) is 0 Å². The smallest absolute Gasteiger partial charge is 0.184 e. The van der Waals surface area contributed by atoms with Crippen LogP contribution in [0.4, 0.5) is 0 Å². The number of fused-ring (bicyclic) bond motifs is 2. The van der Waals surface area contributed by atoms with Crippen molar-refractivity contribution in [3.8, 4) is 0 Å². The molecule has 0 spiro atoms. The quantitative estimate of drug-likeness (QED) is 0.854. The van der Waals surface area contributed by atoms with Crippen LogP contribution in [0.2, 0.25) is 0 Å². The summed E-state index contributed by atoms with van der Waals surface area (Å²) in [5, 5.41) is 21.3. The lowest BCUT2D eigenvalue weighted by atomic mass is 10.0. The average molecular weight is 358 g/mol. The maximum absolute atomic E-state index is 10.7. The van der Waals surface area contributed by atoms with Crippen molar-refractivity contribution in [1.82, 2.24) is 0 Å². The van der Waals surface area contributed by atoms with Crippen LogP contribution in [0.5, 0.6) is 0 Å². The molecule has 6 heteroatoms. The van der Waals surface area contributed by atoms with Gasteiger partial charge < -0.3 is 29.2 Å². The summed E-state index contributed by atoms with van der Waals surface area (Å²) >= 11 is 0. The van der Waals surface area contributed by atoms with Crippen molar-refractivity contribution in [1.29, 1.82) is 0 Å². The molecule has 2 aromatic carbocycles. The van der Waals surface area contributed by atoms with E-state index in [0.717, 1.165) is 11.1 Å². The molecular formula is C20H22O6. The van der Waals surface area contributed by atoms with Gasteiger partial charge in [-0.3, -0.25) is 0 Å². The first kappa shape index (κ1) is 17.6. The van der Waals surface area contributed by atoms with Crippen LogP contribution in [0, 0.1) is 0 Å². The lowest BCUT2D eigenvalue weighted by Gasteiger charge is -2.35. The zero-order valence-corrected chi connectivity index (χ0v) is 14.2. The van der Waals surface area contributed by atoms with E-state index in [4.69, 9.17) is 18.9 Å². The highest BCUT2D eigenvalue weighted by Gasteiger charge is 2.43. The molecule has 6 nitrogen and oxygen atoms in total. The number of aliphatic hydroxyl groups is 2. The molecule has 2 saturated heterocycles. The molecule has 2 aliphatic heterocycles. The second-order valence-electron chi connectivity index (χ2n) is 6.49. The second kappa shape index (κ2) is 7.84. The van der Waals surface area contributed by atoms with Crippen LogP contribution in [0.3, 0.4) is 0 Å². The fraction of sp³-hybridized carbons (Fsp3) is 0.400. The summed E-state index contributed by atoms with van der Waals surface area (Å²) in [5.41, 5.74) is 1.63. The Morgan fingerprint density at radius 1 is 0.692 bits per heavy atom.